The maximum Gasteiger partial charge on any atom is 0.251 e. The molecule has 4 aromatic rings. The number of anilines is 1. The second-order valence-corrected chi connectivity index (χ2v) is 9.06. The largest absolute Gasteiger partial charge is 0.467 e. The minimum absolute atomic E-state index is 0.0840. The lowest BCUT2D eigenvalue weighted by Crippen LogP contribution is -2.47. The third kappa shape index (κ3) is 5.07. The molecule has 0 spiro atoms. The first-order valence-electron chi connectivity index (χ1n) is 12.0. The normalized spacial score (nSPS) is 14.6. The van der Waals surface area contributed by atoms with Crippen molar-refractivity contribution in [2.45, 2.75) is 58.2 Å². The summed E-state index contributed by atoms with van der Waals surface area (Å²) in [5, 5.41) is 15.5. The van der Waals surface area contributed by atoms with Gasteiger partial charge in [0, 0.05) is 11.7 Å². The van der Waals surface area contributed by atoms with E-state index in [9.17, 15) is 9.59 Å². The predicted octanol–water partition coefficient (Wildman–Crippen LogP) is 3.98. The molecule has 10 heteroatoms. The summed E-state index contributed by atoms with van der Waals surface area (Å²) in [6, 6.07) is 13.5. The molecule has 0 saturated heterocycles. The van der Waals surface area contributed by atoms with Gasteiger partial charge in [-0.25, -0.2) is 0 Å². The number of tetrazole rings is 1. The molecule has 1 atom stereocenters. The molecule has 1 aromatic carbocycles. The number of rotatable bonds is 8. The number of hydrogen-bond acceptors (Lipinski definition) is 7. The Bertz CT molecular complexity index is 1340. The molecule has 1 fully saturated rings. The molecule has 36 heavy (non-hydrogen) atoms. The van der Waals surface area contributed by atoms with Gasteiger partial charge in [-0.05, 0) is 73.9 Å². The lowest BCUT2D eigenvalue weighted by Gasteiger charge is -2.30. The quantitative estimate of drug-likeness (QED) is 0.398. The van der Waals surface area contributed by atoms with Crippen LogP contribution in [-0.2, 0) is 16.1 Å². The third-order valence-electron chi connectivity index (χ3n) is 6.26. The molecule has 0 aliphatic heterocycles. The van der Waals surface area contributed by atoms with Crippen LogP contribution in [0.3, 0.4) is 0 Å². The van der Waals surface area contributed by atoms with Crippen LogP contribution >= 0.6 is 0 Å². The number of aryl methyl sites for hydroxylation is 2. The Balaban J connectivity index is 1.47. The van der Waals surface area contributed by atoms with Gasteiger partial charge in [-0.3, -0.25) is 14.5 Å². The van der Waals surface area contributed by atoms with Crippen LogP contribution in [0.5, 0.6) is 0 Å². The highest BCUT2D eigenvalue weighted by Crippen LogP contribution is 2.30. The number of furan rings is 2. The molecule has 1 N–H and O–H groups in total. The molecule has 2 amide bonds. The van der Waals surface area contributed by atoms with Crippen molar-refractivity contribution >= 4 is 17.5 Å². The lowest BCUT2D eigenvalue weighted by molar-refractivity contribution is -0.128. The molecule has 1 aliphatic rings. The molecule has 186 valence electrons. The Morgan fingerprint density at radius 1 is 1.14 bits per heavy atom. The van der Waals surface area contributed by atoms with Crippen LogP contribution < -0.4 is 10.2 Å². The van der Waals surface area contributed by atoms with Crippen molar-refractivity contribution in [2.24, 2.45) is 0 Å². The molecular formula is C26H28N6O4. The van der Waals surface area contributed by atoms with Crippen molar-refractivity contribution in [3.05, 3.63) is 71.9 Å². The van der Waals surface area contributed by atoms with Gasteiger partial charge < -0.3 is 14.2 Å². The van der Waals surface area contributed by atoms with E-state index in [1.54, 1.807) is 30.3 Å². The number of hydrogen-bond donors (Lipinski definition) is 1. The van der Waals surface area contributed by atoms with E-state index in [1.807, 2.05) is 32.0 Å². The summed E-state index contributed by atoms with van der Waals surface area (Å²) in [7, 11) is 0. The number of nitrogens with zero attached hydrogens (tertiary/aromatic N) is 5. The number of aromatic nitrogens is 4. The zero-order valence-electron chi connectivity index (χ0n) is 20.3. The van der Waals surface area contributed by atoms with Crippen molar-refractivity contribution in [3.8, 4) is 11.6 Å². The summed E-state index contributed by atoms with van der Waals surface area (Å²) in [6.07, 6.45) is 5.50. The summed E-state index contributed by atoms with van der Waals surface area (Å²) in [5.41, 5.74) is 1.53. The fourth-order valence-corrected chi connectivity index (χ4v) is 4.55. The van der Waals surface area contributed by atoms with E-state index in [1.165, 1.54) is 16.0 Å². The summed E-state index contributed by atoms with van der Waals surface area (Å²) < 4.78 is 11.2. The Labute approximate surface area is 208 Å². The van der Waals surface area contributed by atoms with Crippen molar-refractivity contribution in [2.75, 3.05) is 4.90 Å². The Hall–Kier alpha value is -4.21. The zero-order valence-corrected chi connectivity index (χ0v) is 20.3. The summed E-state index contributed by atoms with van der Waals surface area (Å²) >= 11 is 0. The van der Waals surface area contributed by atoms with E-state index < -0.39 is 6.04 Å². The lowest BCUT2D eigenvalue weighted by atomic mass is 10.1. The van der Waals surface area contributed by atoms with Gasteiger partial charge in [-0.15, -0.1) is 10.2 Å². The van der Waals surface area contributed by atoms with Gasteiger partial charge in [-0.2, -0.15) is 4.80 Å². The molecule has 1 unspecified atom stereocenters. The minimum Gasteiger partial charge on any atom is -0.467 e. The predicted molar refractivity (Wildman–Crippen MR) is 131 cm³/mol. The standard InChI is InChI=1S/C26H28N6O4/c1-17-7-5-10-20(15-17)32(23(33)16-31-29-25(28-30-31)22-13-12-18(2)36-22)24(21-11-6-14-35-21)26(34)27-19-8-3-4-9-19/h5-7,10-15,19,24H,3-4,8-9,16H2,1-2H3,(H,27,34). The van der Waals surface area contributed by atoms with E-state index in [0.717, 1.165) is 37.0 Å². The molecular weight excluding hydrogens is 460 g/mol. The maximum absolute atomic E-state index is 13.8. The van der Waals surface area contributed by atoms with E-state index in [2.05, 4.69) is 20.7 Å². The maximum atomic E-state index is 13.8. The topological polar surface area (TPSA) is 119 Å². The van der Waals surface area contributed by atoms with Gasteiger partial charge in [0.25, 0.3) is 11.8 Å². The highest BCUT2D eigenvalue weighted by atomic mass is 16.3. The van der Waals surface area contributed by atoms with E-state index >= 15 is 0 Å². The molecule has 1 saturated carbocycles. The highest BCUT2D eigenvalue weighted by molar-refractivity contribution is 6.01. The number of amides is 2. The monoisotopic (exact) mass is 488 g/mol. The van der Waals surface area contributed by atoms with Crippen molar-refractivity contribution in [1.82, 2.24) is 25.5 Å². The van der Waals surface area contributed by atoms with Crippen LogP contribution in [0.4, 0.5) is 5.69 Å². The SMILES string of the molecule is Cc1cccc(N(C(=O)Cn2nnc(-c3ccc(C)o3)n2)C(C(=O)NC2CCCC2)c2ccco2)c1. The van der Waals surface area contributed by atoms with Gasteiger partial charge >= 0.3 is 0 Å². The average molecular weight is 489 g/mol. The molecule has 0 bridgehead atoms. The van der Waals surface area contributed by atoms with E-state index in [0.29, 0.717) is 17.2 Å². The first kappa shape index (κ1) is 23.5. The van der Waals surface area contributed by atoms with Gasteiger partial charge in [0.2, 0.25) is 5.82 Å². The summed E-state index contributed by atoms with van der Waals surface area (Å²) in [5.74, 6) is 1.16. The Kier molecular flexibility index (Phi) is 6.66. The van der Waals surface area contributed by atoms with Crippen molar-refractivity contribution in [1.29, 1.82) is 0 Å². The third-order valence-corrected chi connectivity index (χ3v) is 6.26. The van der Waals surface area contributed by atoms with Gasteiger partial charge in [0.15, 0.2) is 11.8 Å². The first-order valence-corrected chi connectivity index (χ1v) is 12.0. The molecule has 0 radical (unpaired) electrons. The Morgan fingerprint density at radius 2 is 1.97 bits per heavy atom. The molecule has 1 aliphatic carbocycles. The van der Waals surface area contributed by atoms with Crippen LogP contribution in [0.1, 0.15) is 48.8 Å². The number of nitrogens with one attached hydrogen (secondary N) is 1. The van der Waals surface area contributed by atoms with E-state index in [4.69, 9.17) is 8.83 Å². The number of carbonyl (C=O) groups excluding carboxylic acids is 2. The highest BCUT2D eigenvalue weighted by Gasteiger charge is 2.36. The van der Waals surface area contributed by atoms with Crippen LogP contribution in [0, 0.1) is 13.8 Å². The van der Waals surface area contributed by atoms with Crippen molar-refractivity contribution < 1.29 is 18.4 Å². The van der Waals surface area contributed by atoms with Crippen LogP contribution in [0.15, 0.2) is 63.6 Å². The van der Waals surface area contributed by atoms with Gasteiger partial charge in [0.1, 0.15) is 18.1 Å². The molecule has 3 heterocycles. The average Bonchev–Trinajstić information content (AvgIpc) is 3.65. The van der Waals surface area contributed by atoms with E-state index in [-0.39, 0.29) is 30.2 Å². The minimum atomic E-state index is -0.995. The summed E-state index contributed by atoms with van der Waals surface area (Å²) in [4.78, 5) is 30.1. The van der Waals surface area contributed by atoms with Crippen molar-refractivity contribution in [3.63, 3.8) is 0 Å². The van der Waals surface area contributed by atoms with Gasteiger partial charge in [0.05, 0.1) is 6.26 Å². The van der Waals surface area contributed by atoms with Crippen LogP contribution in [-0.4, -0.2) is 38.1 Å². The summed E-state index contributed by atoms with van der Waals surface area (Å²) in [6.45, 7) is 3.53. The zero-order chi connectivity index (χ0) is 25.1. The number of carbonyl (C=O) groups is 2. The second kappa shape index (κ2) is 10.2. The van der Waals surface area contributed by atoms with Crippen LogP contribution in [0.25, 0.3) is 11.6 Å². The molecule has 5 rings (SSSR count). The molecule has 3 aromatic heterocycles. The van der Waals surface area contributed by atoms with Crippen LogP contribution in [0.2, 0.25) is 0 Å². The first-order chi connectivity index (χ1) is 17.5. The fraction of sp³-hybridized carbons (Fsp3) is 0.346. The van der Waals surface area contributed by atoms with Gasteiger partial charge in [-0.1, -0.05) is 25.0 Å². The Morgan fingerprint density at radius 3 is 2.67 bits per heavy atom. The number of benzene rings is 1. The smallest absolute Gasteiger partial charge is 0.251 e. The second-order valence-electron chi connectivity index (χ2n) is 9.06. The molecule has 10 nitrogen and oxygen atoms in total. The fourth-order valence-electron chi connectivity index (χ4n) is 4.55.